The van der Waals surface area contributed by atoms with Gasteiger partial charge in [-0.3, -0.25) is 4.99 Å². The van der Waals surface area contributed by atoms with Crippen LogP contribution in [0.4, 0.5) is 0 Å². The Bertz CT molecular complexity index is 64.6. The molecule has 0 aromatic heterocycles. The average molecular weight is 114 g/mol. The van der Waals surface area contributed by atoms with Gasteiger partial charge < -0.3 is 4.90 Å². The van der Waals surface area contributed by atoms with E-state index in [-0.39, 0.29) is 0 Å². The second-order valence-corrected chi connectivity index (χ2v) is 2.32. The topological polar surface area (TPSA) is 15.6 Å². The Kier molecular flexibility index (Phi) is 3.24. The predicted molar refractivity (Wildman–Crippen MR) is 37.3 cm³/mol. The molecule has 0 saturated heterocycles. The molecule has 0 radical (unpaired) electrons. The first-order chi connectivity index (χ1) is 3.63. The molecule has 0 atom stereocenters. The minimum Gasteiger partial charge on any atom is -0.369 e. The molecule has 0 rings (SSSR count). The van der Waals surface area contributed by atoms with Gasteiger partial charge >= 0.3 is 0 Å². The van der Waals surface area contributed by atoms with Crippen LogP contribution in [0.15, 0.2) is 4.99 Å². The summed E-state index contributed by atoms with van der Waals surface area (Å²) in [6.07, 6.45) is 1.82. The van der Waals surface area contributed by atoms with Crippen molar-refractivity contribution in [2.45, 2.75) is 19.9 Å². The van der Waals surface area contributed by atoms with Crippen molar-refractivity contribution >= 4 is 6.34 Å². The molecule has 0 unspecified atom stereocenters. The van der Waals surface area contributed by atoms with Gasteiger partial charge in [0.2, 0.25) is 0 Å². The van der Waals surface area contributed by atoms with E-state index >= 15 is 0 Å². The first-order valence-electron chi connectivity index (χ1n) is 2.82. The van der Waals surface area contributed by atoms with Gasteiger partial charge in [0.1, 0.15) is 0 Å². The molecule has 0 aliphatic carbocycles. The second-order valence-electron chi connectivity index (χ2n) is 2.32. The zero-order valence-electron chi connectivity index (χ0n) is 6.05. The molecular weight excluding hydrogens is 100 g/mol. The van der Waals surface area contributed by atoms with Gasteiger partial charge in [0, 0.05) is 20.1 Å². The number of hydrogen-bond acceptors (Lipinski definition) is 1. The third-order valence-corrected chi connectivity index (χ3v) is 0.596. The molecule has 0 N–H and O–H groups in total. The standard InChI is InChI=1S/C6H14N2/c1-6(2)7-5-8(3)4/h5-6H,1-4H3/b7-5+. The van der Waals surface area contributed by atoms with Gasteiger partial charge in [-0.05, 0) is 13.8 Å². The van der Waals surface area contributed by atoms with Crippen LogP contribution in [-0.2, 0) is 0 Å². The number of aliphatic imine (C=N–C) groups is 1. The predicted octanol–water partition coefficient (Wildman–Crippen LogP) is 0.985. The van der Waals surface area contributed by atoms with Crippen molar-refractivity contribution in [3.05, 3.63) is 0 Å². The molecule has 8 heavy (non-hydrogen) atoms. The zero-order valence-corrected chi connectivity index (χ0v) is 6.05. The van der Waals surface area contributed by atoms with Crippen LogP contribution in [0.5, 0.6) is 0 Å². The molecular formula is C6H14N2. The summed E-state index contributed by atoms with van der Waals surface area (Å²) in [4.78, 5) is 6.06. The van der Waals surface area contributed by atoms with Crippen molar-refractivity contribution in [3.63, 3.8) is 0 Å². The molecule has 0 bridgehead atoms. The number of nitrogens with zero attached hydrogens (tertiary/aromatic N) is 2. The normalized spacial score (nSPS) is 11.1. The lowest BCUT2D eigenvalue weighted by Crippen LogP contribution is -2.09. The van der Waals surface area contributed by atoms with E-state index in [0.29, 0.717) is 6.04 Å². The first kappa shape index (κ1) is 7.47. The Morgan fingerprint density at radius 1 is 1.38 bits per heavy atom. The van der Waals surface area contributed by atoms with Crippen LogP contribution < -0.4 is 0 Å². The molecule has 0 spiro atoms. The van der Waals surface area contributed by atoms with Crippen LogP contribution in [0, 0.1) is 0 Å². The van der Waals surface area contributed by atoms with E-state index < -0.39 is 0 Å². The van der Waals surface area contributed by atoms with Crippen molar-refractivity contribution in [2.24, 2.45) is 4.99 Å². The minimum atomic E-state index is 0.414. The zero-order chi connectivity index (χ0) is 6.57. The fourth-order valence-electron chi connectivity index (χ4n) is 0.267. The molecule has 2 heteroatoms. The summed E-state index contributed by atoms with van der Waals surface area (Å²) in [6, 6.07) is 0.414. The molecule has 0 amide bonds. The van der Waals surface area contributed by atoms with Gasteiger partial charge in [0.25, 0.3) is 0 Å². The third-order valence-electron chi connectivity index (χ3n) is 0.596. The molecule has 0 aliphatic rings. The van der Waals surface area contributed by atoms with E-state index in [2.05, 4.69) is 18.8 Å². The summed E-state index contributed by atoms with van der Waals surface area (Å²) >= 11 is 0. The molecule has 0 saturated carbocycles. The Morgan fingerprint density at radius 3 is 2.00 bits per heavy atom. The lowest BCUT2D eigenvalue weighted by molar-refractivity contribution is 0.632. The maximum Gasteiger partial charge on any atom is 0.0847 e. The average Bonchev–Trinajstić information content (AvgIpc) is 1.61. The monoisotopic (exact) mass is 114 g/mol. The Labute approximate surface area is 51.2 Å². The van der Waals surface area contributed by atoms with E-state index in [1.807, 2.05) is 25.3 Å². The second kappa shape index (κ2) is 3.47. The molecule has 0 aliphatic heterocycles. The highest BCUT2D eigenvalue weighted by Crippen LogP contribution is 1.82. The summed E-state index contributed by atoms with van der Waals surface area (Å²) in [5.41, 5.74) is 0. The van der Waals surface area contributed by atoms with E-state index in [1.54, 1.807) is 0 Å². The van der Waals surface area contributed by atoms with Crippen LogP contribution in [-0.4, -0.2) is 31.4 Å². The maximum atomic E-state index is 4.12. The largest absolute Gasteiger partial charge is 0.369 e. The van der Waals surface area contributed by atoms with Gasteiger partial charge in [0.15, 0.2) is 0 Å². The fraction of sp³-hybridized carbons (Fsp3) is 0.833. The third kappa shape index (κ3) is 5.47. The van der Waals surface area contributed by atoms with Gasteiger partial charge in [-0.25, -0.2) is 0 Å². The number of hydrogen-bond donors (Lipinski definition) is 0. The molecule has 0 aromatic carbocycles. The van der Waals surface area contributed by atoms with E-state index in [1.165, 1.54) is 0 Å². The van der Waals surface area contributed by atoms with Crippen LogP contribution in [0.1, 0.15) is 13.8 Å². The molecule has 0 heterocycles. The van der Waals surface area contributed by atoms with E-state index in [0.717, 1.165) is 0 Å². The highest BCUT2D eigenvalue weighted by Gasteiger charge is 1.82. The summed E-state index contributed by atoms with van der Waals surface area (Å²) in [6.45, 7) is 4.11. The fourth-order valence-corrected chi connectivity index (χ4v) is 0.267. The maximum absolute atomic E-state index is 4.12. The molecule has 0 aromatic rings. The van der Waals surface area contributed by atoms with Crippen LogP contribution >= 0.6 is 0 Å². The van der Waals surface area contributed by atoms with Crippen molar-refractivity contribution in [1.29, 1.82) is 0 Å². The molecule has 2 nitrogen and oxygen atoms in total. The van der Waals surface area contributed by atoms with Crippen molar-refractivity contribution < 1.29 is 0 Å². The van der Waals surface area contributed by atoms with Crippen molar-refractivity contribution in [3.8, 4) is 0 Å². The lowest BCUT2D eigenvalue weighted by Gasteiger charge is -2.02. The minimum absolute atomic E-state index is 0.414. The van der Waals surface area contributed by atoms with Crippen molar-refractivity contribution in [2.75, 3.05) is 14.1 Å². The molecule has 48 valence electrons. The van der Waals surface area contributed by atoms with Gasteiger partial charge in [-0.1, -0.05) is 0 Å². The SMILES string of the molecule is CC(C)/N=C/N(C)C. The summed E-state index contributed by atoms with van der Waals surface area (Å²) < 4.78 is 0. The highest BCUT2D eigenvalue weighted by atomic mass is 15.1. The summed E-state index contributed by atoms with van der Waals surface area (Å²) in [5, 5.41) is 0. The van der Waals surface area contributed by atoms with E-state index in [4.69, 9.17) is 0 Å². The highest BCUT2D eigenvalue weighted by molar-refractivity contribution is 5.53. The van der Waals surface area contributed by atoms with Gasteiger partial charge in [-0.2, -0.15) is 0 Å². The summed E-state index contributed by atoms with van der Waals surface area (Å²) in [7, 11) is 3.93. The van der Waals surface area contributed by atoms with Gasteiger partial charge in [0.05, 0.1) is 6.34 Å². The summed E-state index contributed by atoms with van der Waals surface area (Å²) in [5.74, 6) is 0. The Hall–Kier alpha value is -0.530. The first-order valence-corrected chi connectivity index (χ1v) is 2.82. The Morgan fingerprint density at radius 2 is 1.88 bits per heavy atom. The van der Waals surface area contributed by atoms with Crippen molar-refractivity contribution in [1.82, 2.24) is 4.90 Å². The van der Waals surface area contributed by atoms with Gasteiger partial charge in [-0.15, -0.1) is 0 Å². The smallest absolute Gasteiger partial charge is 0.0847 e. The number of rotatable bonds is 2. The van der Waals surface area contributed by atoms with Crippen LogP contribution in [0.3, 0.4) is 0 Å². The Balaban J connectivity index is 3.34. The van der Waals surface area contributed by atoms with Crippen LogP contribution in [0.2, 0.25) is 0 Å². The van der Waals surface area contributed by atoms with Crippen LogP contribution in [0.25, 0.3) is 0 Å². The lowest BCUT2D eigenvalue weighted by atomic mass is 10.4. The quantitative estimate of drug-likeness (QED) is 0.386. The van der Waals surface area contributed by atoms with E-state index in [9.17, 15) is 0 Å². The molecule has 0 fully saturated rings.